The molecule has 2 aromatic rings. The lowest BCUT2D eigenvalue weighted by atomic mass is 10.00. The first-order chi connectivity index (χ1) is 16.5. The van der Waals surface area contributed by atoms with E-state index < -0.39 is 6.10 Å². The molecular weight excluding hydrogens is 430 g/mol. The first-order valence-corrected chi connectivity index (χ1v) is 12.2. The van der Waals surface area contributed by atoms with E-state index in [9.17, 15) is 14.7 Å². The SMILES string of the molecule is CC(=O)CN1CCC(Nc2cc(C(=O)NC[C@H](O)CN3CCc4ccccc4C3)ccn2)CC1. The fraction of sp³-hybridized carbons (Fsp3) is 0.500. The van der Waals surface area contributed by atoms with Crippen molar-refractivity contribution in [2.75, 3.05) is 44.6 Å². The van der Waals surface area contributed by atoms with Crippen LogP contribution in [-0.4, -0.2) is 83.0 Å². The van der Waals surface area contributed by atoms with E-state index in [0.717, 1.165) is 45.4 Å². The monoisotopic (exact) mass is 465 g/mol. The van der Waals surface area contributed by atoms with Crippen LogP contribution in [0, 0.1) is 0 Å². The Bertz CT molecular complexity index is 990. The standard InChI is InChI=1S/C26H35N5O3/c1-19(32)16-30-12-8-23(9-13-30)29-25-14-21(6-10-27-25)26(34)28-15-24(33)18-31-11-7-20-4-2-3-5-22(20)17-31/h2-6,10,14,23-24,33H,7-9,11-13,15-18H2,1H3,(H,27,29)(H,28,34)/t24-/m0/s1. The van der Waals surface area contributed by atoms with Crippen molar-refractivity contribution in [2.24, 2.45) is 0 Å². The lowest BCUT2D eigenvalue weighted by Crippen LogP contribution is -2.42. The Morgan fingerprint density at radius 1 is 1.12 bits per heavy atom. The molecule has 0 saturated carbocycles. The van der Waals surface area contributed by atoms with E-state index in [-0.39, 0.29) is 24.3 Å². The maximum Gasteiger partial charge on any atom is 0.251 e. The van der Waals surface area contributed by atoms with Crippen molar-refractivity contribution in [1.82, 2.24) is 20.1 Å². The van der Waals surface area contributed by atoms with E-state index in [1.807, 2.05) is 6.07 Å². The Kier molecular flexibility index (Phi) is 8.26. The molecule has 1 saturated heterocycles. The van der Waals surface area contributed by atoms with Gasteiger partial charge in [-0.1, -0.05) is 24.3 Å². The van der Waals surface area contributed by atoms with Crippen molar-refractivity contribution in [2.45, 2.75) is 44.9 Å². The predicted octanol–water partition coefficient (Wildman–Crippen LogP) is 1.70. The summed E-state index contributed by atoms with van der Waals surface area (Å²) in [5, 5.41) is 16.8. The van der Waals surface area contributed by atoms with Crippen molar-refractivity contribution in [3.8, 4) is 0 Å². The van der Waals surface area contributed by atoms with Crippen molar-refractivity contribution in [3.63, 3.8) is 0 Å². The van der Waals surface area contributed by atoms with E-state index in [2.05, 4.69) is 43.6 Å². The van der Waals surface area contributed by atoms with Crippen molar-refractivity contribution in [1.29, 1.82) is 0 Å². The zero-order chi connectivity index (χ0) is 23.9. The van der Waals surface area contributed by atoms with Crippen LogP contribution in [0.2, 0.25) is 0 Å². The Morgan fingerprint density at radius 2 is 1.88 bits per heavy atom. The molecule has 1 aromatic carbocycles. The number of carbonyl (C=O) groups excluding carboxylic acids is 2. The number of pyridine rings is 1. The quantitative estimate of drug-likeness (QED) is 0.519. The number of hydrogen-bond donors (Lipinski definition) is 3. The number of fused-ring (bicyclic) bond motifs is 1. The highest BCUT2D eigenvalue weighted by Crippen LogP contribution is 2.19. The van der Waals surface area contributed by atoms with Gasteiger partial charge in [0.25, 0.3) is 5.91 Å². The third-order valence-electron chi connectivity index (χ3n) is 6.58. The highest BCUT2D eigenvalue weighted by atomic mass is 16.3. The number of hydrogen-bond acceptors (Lipinski definition) is 7. The molecule has 182 valence electrons. The molecule has 4 rings (SSSR count). The summed E-state index contributed by atoms with van der Waals surface area (Å²) in [6.07, 6.45) is 3.84. The Balaban J connectivity index is 1.21. The number of aromatic nitrogens is 1. The number of nitrogens with zero attached hydrogens (tertiary/aromatic N) is 3. The van der Waals surface area contributed by atoms with Gasteiger partial charge in [0.15, 0.2) is 0 Å². The van der Waals surface area contributed by atoms with Gasteiger partial charge in [0.05, 0.1) is 12.6 Å². The van der Waals surface area contributed by atoms with Crippen molar-refractivity contribution in [3.05, 3.63) is 59.3 Å². The van der Waals surface area contributed by atoms with Crippen LogP contribution in [0.4, 0.5) is 5.82 Å². The van der Waals surface area contributed by atoms with Gasteiger partial charge in [-0.05, 0) is 49.4 Å². The third-order valence-corrected chi connectivity index (χ3v) is 6.58. The maximum absolute atomic E-state index is 12.7. The molecule has 8 nitrogen and oxygen atoms in total. The number of amides is 1. The largest absolute Gasteiger partial charge is 0.390 e. The zero-order valence-electron chi connectivity index (χ0n) is 19.9. The highest BCUT2D eigenvalue weighted by Gasteiger charge is 2.21. The number of anilines is 1. The number of likely N-dealkylation sites (tertiary alicyclic amines) is 1. The second-order valence-corrected chi connectivity index (χ2v) is 9.44. The number of Topliss-reactive ketones (excluding diaryl/α,β-unsaturated/α-hetero) is 1. The number of ketones is 1. The fourth-order valence-electron chi connectivity index (χ4n) is 4.80. The van der Waals surface area contributed by atoms with Crippen LogP contribution in [0.3, 0.4) is 0 Å². The Morgan fingerprint density at radius 3 is 2.65 bits per heavy atom. The smallest absolute Gasteiger partial charge is 0.251 e. The Hall–Kier alpha value is -2.81. The number of piperidine rings is 1. The molecule has 3 heterocycles. The van der Waals surface area contributed by atoms with Crippen LogP contribution < -0.4 is 10.6 Å². The molecule has 2 aliphatic rings. The second kappa shape index (κ2) is 11.6. The molecule has 1 amide bonds. The van der Waals surface area contributed by atoms with E-state index >= 15 is 0 Å². The van der Waals surface area contributed by atoms with E-state index in [1.165, 1.54) is 11.1 Å². The van der Waals surface area contributed by atoms with Gasteiger partial charge in [0, 0.05) is 57.1 Å². The van der Waals surface area contributed by atoms with Crippen LogP contribution in [0.15, 0.2) is 42.6 Å². The van der Waals surface area contributed by atoms with Gasteiger partial charge in [-0.25, -0.2) is 4.98 Å². The normalized spacial score (nSPS) is 18.2. The molecule has 2 aliphatic heterocycles. The summed E-state index contributed by atoms with van der Waals surface area (Å²) >= 11 is 0. The zero-order valence-corrected chi connectivity index (χ0v) is 19.9. The fourth-order valence-corrected chi connectivity index (χ4v) is 4.80. The summed E-state index contributed by atoms with van der Waals surface area (Å²) < 4.78 is 0. The number of nitrogens with one attached hydrogen (secondary N) is 2. The molecular formula is C26H35N5O3. The minimum atomic E-state index is -0.631. The average Bonchev–Trinajstić information content (AvgIpc) is 2.83. The van der Waals surface area contributed by atoms with Crippen LogP contribution in [0.25, 0.3) is 0 Å². The average molecular weight is 466 g/mol. The first kappa shape index (κ1) is 24.3. The molecule has 0 unspecified atom stereocenters. The van der Waals surface area contributed by atoms with Crippen molar-refractivity contribution < 1.29 is 14.7 Å². The molecule has 0 bridgehead atoms. The number of carbonyl (C=O) groups is 2. The highest BCUT2D eigenvalue weighted by molar-refractivity contribution is 5.94. The molecule has 8 heteroatoms. The molecule has 0 aliphatic carbocycles. The molecule has 1 aromatic heterocycles. The molecule has 0 radical (unpaired) electrons. The minimum absolute atomic E-state index is 0.193. The summed E-state index contributed by atoms with van der Waals surface area (Å²) in [5.74, 6) is 0.646. The predicted molar refractivity (Wildman–Crippen MR) is 132 cm³/mol. The summed E-state index contributed by atoms with van der Waals surface area (Å²) in [4.78, 5) is 32.7. The lowest BCUT2D eigenvalue weighted by Gasteiger charge is -2.31. The van der Waals surface area contributed by atoms with Gasteiger partial charge >= 0.3 is 0 Å². The molecule has 3 N–H and O–H groups in total. The van der Waals surface area contributed by atoms with Gasteiger partial charge in [-0.2, -0.15) is 0 Å². The van der Waals surface area contributed by atoms with Gasteiger partial charge in [0.1, 0.15) is 11.6 Å². The first-order valence-electron chi connectivity index (χ1n) is 12.2. The van der Waals surface area contributed by atoms with Crippen LogP contribution in [0.1, 0.15) is 41.3 Å². The molecule has 1 fully saturated rings. The lowest BCUT2D eigenvalue weighted by molar-refractivity contribution is -0.118. The van der Waals surface area contributed by atoms with Gasteiger partial charge in [-0.3, -0.25) is 19.4 Å². The molecule has 34 heavy (non-hydrogen) atoms. The third kappa shape index (κ3) is 6.85. The summed E-state index contributed by atoms with van der Waals surface area (Å²) in [7, 11) is 0. The topological polar surface area (TPSA) is 97.8 Å². The van der Waals surface area contributed by atoms with Gasteiger partial charge < -0.3 is 15.7 Å². The number of aliphatic hydroxyl groups is 1. The Labute approximate surface area is 201 Å². The van der Waals surface area contributed by atoms with E-state index in [0.29, 0.717) is 24.5 Å². The number of β-amino-alcohol motifs (C(OH)–C–C–N with tert-alkyl or cyclic N) is 1. The second-order valence-electron chi connectivity index (χ2n) is 9.44. The number of aliphatic hydroxyl groups excluding tert-OH is 1. The van der Waals surface area contributed by atoms with E-state index in [1.54, 1.807) is 25.3 Å². The minimum Gasteiger partial charge on any atom is -0.390 e. The maximum atomic E-state index is 12.7. The summed E-state index contributed by atoms with van der Waals surface area (Å²) in [5.41, 5.74) is 3.21. The van der Waals surface area contributed by atoms with Crippen LogP contribution in [0.5, 0.6) is 0 Å². The van der Waals surface area contributed by atoms with Crippen LogP contribution in [-0.2, 0) is 17.8 Å². The molecule has 1 atom stereocenters. The number of benzene rings is 1. The van der Waals surface area contributed by atoms with Gasteiger partial charge in [-0.15, -0.1) is 0 Å². The number of rotatable bonds is 9. The van der Waals surface area contributed by atoms with Crippen molar-refractivity contribution >= 4 is 17.5 Å². The summed E-state index contributed by atoms with van der Waals surface area (Å²) in [6, 6.07) is 12.1. The van der Waals surface area contributed by atoms with Gasteiger partial charge in [0.2, 0.25) is 0 Å². The van der Waals surface area contributed by atoms with Crippen LogP contribution >= 0.6 is 0 Å². The van der Waals surface area contributed by atoms with E-state index in [4.69, 9.17) is 0 Å². The molecule has 0 spiro atoms. The summed E-state index contributed by atoms with van der Waals surface area (Å²) in [6.45, 7) is 6.35.